The highest BCUT2D eigenvalue weighted by molar-refractivity contribution is 4.49. The highest BCUT2D eigenvalue weighted by Crippen LogP contribution is 2.12. The second-order valence-electron chi connectivity index (χ2n) is 15.0. The van der Waals surface area contributed by atoms with Crippen LogP contribution in [0.1, 0.15) is 259 Å². The summed E-state index contributed by atoms with van der Waals surface area (Å²) in [4.78, 5) is 0. The van der Waals surface area contributed by atoms with Gasteiger partial charge in [-0.2, -0.15) is 0 Å². The molecule has 296 valence electrons. The van der Waals surface area contributed by atoms with Crippen LogP contribution in [0.25, 0.3) is 0 Å². The lowest BCUT2D eigenvalue weighted by atomic mass is 10.1. The van der Waals surface area contributed by atoms with Gasteiger partial charge in [0, 0.05) is 0 Å². The molecule has 0 heterocycles. The molecule has 0 aromatic carbocycles. The molecule has 0 saturated carbocycles. The maximum atomic E-state index is 2.56. The first-order chi connectivity index (χ1) is 22.8. The monoisotopic (exact) mass is 691 g/mol. The van der Waals surface area contributed by atoms with E-state index in [4.69, 9.17) is 0 Å². The van der Waals surface area contributed by atoms with E-state index in [1.807, 2.05) is 0 Å². The fraction of sp³-hybridized carbons (Fsp3) is 1.00. The van der Waals surface area contributed by atoms with E-state index >= 15 is 0 Å². The number of rotatable bonds is 40. The highest BCUT2D eigenvalue weighted by Gasteiger charge is 1.97. The normalized spacial score (nSPS) is 10.8. The zero-order chi connectivity index (χ0) is 33.7. The van der Waals surface area contributed by atoms with Crippen molar-refractivity contribution in [2.45, 2.75) is 259 Å². The number of quaternary nitrogens is 2. The molecular formula is C44H96F2N2. The van der Waals surface area contributed by atoms with E-state index in [2.05, 4.69) is 38.3 Å². The molecule has 0 aliphatic rings. The molecule has 0 rings (SSSR count). The molecule has 2 nitrogen and oxygen atoms in total. The van der Waals surface area contributed by atoms with Crippen molar-refractivity contribution in [3.8, 4) is 0 Å². The summed E-state index contributed by atoms with van der Waals surface area (Å²) in [5.41, 5.74) is 0. The lowest BCUT2D eigenvalue weighted by Crippen LogP contribution is -3.00. The van der Waals surface area contributed by atoms with Crippen LogP contribution in [0.15, 0.2) is 0 Å². The Morgan fingerprint density at radius 2 is 0.312 bits per heavy atom. The van der Waals surface area contributed by atoms with Crippen LogP contribution < -0.4 is 20.0 Å². The van der Waals surface area contributed by atoms with Gasteiger partial charge in [0.25, 0.3) is 0 Å². The van der Waals surface area contributed by atoms with Crippen LogP contribution >= 0.6 is 0 Å². The van der Waals surface area contributed by atoms with Crippen molar-refractivity contribution < 1.29 is 20.0 Å². The molecule has 0 bridgehead atoms. The third kappa shape index (κ3) is 58.0. The predicted molar refractivity (Wildman–Crippen MR) is 212 cm³/mol. The fourth-order valence-electron chi connectivity index (χ4n) is 6.69. The third-order valence-electron chi connectivity index (χ3n) is 10.0. The zero-order valence-electron chi connectivity index (χ0n) is 34.2. The summed E-state index contributed by atoms with van der Waals surface area (Å²) >= 11 is 0. The minimum absolute atomic E-state index is 0. The molecule has 0 fully saturated rings. The molecule has 0 aromatic heterocycles. The summed E-state index contributed by atoms with van der Waals surface area (Å²) in [6, 6.07) is 0. The van der Waals surface area contributed by atoms with Gasteiger partial charge in [0.2, 0.25) is 0 Å². The number of halogens is 2. The van der Waals surface area contributed by atoms with E-state index in [0.29, 0.717) is 0 Å². The minimum Gasteiger partial charge on any atom is -1.00 e. The van der Waals surface area contributed by atoms with Crippen molar-refractivity contribution >= 4 is 0 Å². The molecule has 0 radical (unpaired) electrons. The van der Waals surface area contributed by atoms with E-state index < -0.39 is 0 Å². The number of hydrogen-bond acceptors (Lipinski definition) is 0. The summed E-state index contributed by atoms with van der Waals surface area (Å²) in [6.07, 6.45) is 52.2. The number of hydrogen-bond donors (Lipinski definition) is 2. The molecule has 0 spiro atoms. The van der Waals surface area contributed by atoms with E-state index in [0.717, 1.165) is 0 Å². The smallest absolute Gasteiger partial charge is 0.0755 e. The molecule has 0 aromatic rings. The molecule has 4 heteroatoms. The van der Waals surface area contributed by atoms with E-state index in [1.165, 1.54) is 257 Å². The average molecular weight is 691 g/mol. The van der Waals surface area contributed by atoms with Crippen LogP contribution in [-0.2, 0) is 0 Å². The Morgan fingerprint density at radius 1 is 0.188 bits per heavy atom. The Balaban J connectivity index is -0.000000393. The van der Waals surface area contributed by atoms with Crippen LogP contribution in [0.5, 0.6) is 0 Å². The molecule has 0 aliphatic carbocycles. The quantitative estimate of drug-likeness (QED) is 0.0637. The zero-order valence-corrected chi connectivity index (χ0v) is 34.2. The first kappa shape index (κ1) is 54.6. The topological polar surface area (TPSA) is 33.2 Å². The van der Waals surface area contributed by atoms with Gasteiger partial charge in [-0.15, -0.1) is 0 Å². The van der Waals surface area contributed by atoms with Crippen molar-refractivity contribution in [1.82, 2.24) is 0 Å². The second-order valence-corrected chi connectivity index (χ2v) is 15.0. The van der Waals surface area contributed by atoms with E-state index in [9.17, 15) is 0 Å². The van der Waals surface area contributed by atoms with Gasteiger partial charge in [0.05, 0.1) is 26.2 Å². The lowest BCUT2D eigenvalue weighted by Gasteiger charge is -2.04. The molecule has 0 saturated heterocycles. The molecular weight excluding hydrogens is 594 g/mol. The largest absolute Gasteiger partial charge is 1.00 e. The van der Waals surface area contributed by atoms with Gasteiger partial charge in [0.15, 0.2) is 0 Å². The summed E-state index contributed by atoms with van der Waals surface area (Å²) in [5, 5.41) is 5.11. The summed E-state index contributed by atoms with van der Waals surface area (Å²) in [6.45, 7) is 14.7. The van der Waals surface area contributed by atoms with E-state index in [1.54, 1.807) is 0 Å². The van der Waals surface area contributed by atoms with Gasteiger partial charge in [-0.1, -0.05) is 207 Å². The number of unbranched alkanes of at least 4 members (excludes halogenated alkanes) is 32. The first-order valence-corrected chi connectivity index (χ1v) is 22.5. The maximum Gasteiger partial charge on any atom is 0.0755 e. The van der Waals surface area contributed by atoms with Gasteiger partial charge >= 0.3 is 0 Å². The lowest BCUT2D eigenvalue weighted by molar-refractivity contribution is -0.655. The highest BCUT2D eigenvalue weighted by atomic mass is 19.0. The minimum atomic E-state index is 0. The summed E-state index contributed by atoms with van der Waals surface area (Å²) in [5.74, 6) is 0. The standard InChI is InChI=1S/C24H51N.C20H43N.2FH/c1-3-5-7-9-11-13-15-17-19-21-23-25-24-22-20-18-16-14-12-10-8-6-4-2;1-3-5-7-9-11-13-15-17-19-21-20-18-16-14-12-10-8-6-4-2;;/h25H,3-24H2,1-2H3;21H,3-20H2,1-2H3;2*1H. The van der Waals surface area contributed by atoms with Crippen LogP contribution in [0, 0.1) is 0 Å². The number of nitrogens with two attached hydrogens (primary N) is 2. The molecule has 0 unspecified atom stereocenters. The van der Waals surface area contributed by atoms with Gasteiger partial charge in [-0.25, -0.2) is 0 Å². The Hall–Kier alpha value is -0.220. The Labute approximate surface area is 304 Å². The van der Waals surface area contributed by atoms with Crippen LogP contribution in [0.3, 0.4) is 0 Å². The summed E-state index contributed by atoms with van der Waals surface area (Å²) in [7, 11) is 0. The molecule has 48 heavy (non-hydrogen) atoms. The molecule has 4 N–H and O–H groups in total. The molecule has 0 aliphatic heterocycles. The Morgan fingerprint density at radius 3 is 0.458 bits per heavy atom. The van der Waals surface area contributed by atoms with Crippen molar-refractivity contribution in [2.24, 2.45) is 0 Å². The molecule has 0 amide bonds. The van der Waals surface area contributed by atoms with Gasteiger partial charge in [0.1, 0.15) is 0 Å². The van der Waals surface area contributed by atoms with Crippen molar-refractivity contribution in [3.63, 3.8) is 0 Å². The third-order valence-corrected chi connectivity index (χ3v) is 10.0. The maximum absolute atomic E-state index is 2.56. The fourth-order valence-corrected chi connectivity index (χ4v) is 6.69. The van der Waals surface area contributed by atoms with Gasteiger partial charge in [-0.3, -0.25) is 0 Å². The van der Waals surface area contributed by atoms with Crippen molar-refractivity contribution in [1.29, 1.82) is 0 Å². The van der Waals surface area contributed by atoms with E-state index in [-0.39, 0.29) is 9.41 Å². The Kier molecular flexibility index (Phi) is 63.8. The van der Waals surface area contributed by atoms with Crippen molar-refractivity contribution in [2.75, 3.05) is 26.2 Å². The van der Waals surface area contributed by atoms with Crippen molar-refractivity contribution in [3.05, 3.63) is 0 Å². The molecule has 0 atom stereocenters. The van der Waals surface area contributed by atoms with Gasteiger partial charge < -0.3 is 20.0 Å². The summed E-state index contributed by atoms with van der Waals surface area (Å²) < 4.78 is 0. The SMILES string of the molecule is CCCCCCCCCCCC[NH2+]CCCCCCCCCCCC.CCCCCCCCCC[NH2+]CCCCCCCCCC.[F-].[F-]. The second kappa shape index (κ2) is 56.2. The predicted octanol–water partition coefficient (Wildman–Crippen LogP) is 7.23. The Bertz CT molecular complexity index is 437. The first-order valence-electron chi connectivity index (χ1n) is 22.5. The van der Waals surface area contributed by atoms with Crippen LogP contribution in [-0.4, -0.2) is 26.2 Å². The van der Waals surface area contributed by atoms with Crippen LogP contribution in [0.2, 0.25) is 0 Å². The van der Waals surface area contributed by atoms with Crippen LogP contribution in [0.4, 0.5) is 0 Å². The van der Waals surface area contributed by atoms with Gasteiger partial charge in [-0.05, 0) is 51.4 Å². The average Bonchev–Trinajstić information content (AvgIpc) is 3.07.